The van der Waals surface area contributed by atoms with Crippen molar-refractivity contribution in [3.8, 4) is 0 Å². The van der Waals surface area contributed by atoms with Gasteiger partial charge in [0.15, 0.2) is 0 Å². The van der Waals surface area contributed by atoms with Crippen molar-refractivity contribution in [2.45, 2.75) is 58.0 Å². The van der Waals surface area contributed by atoms with Crippen molar-refractivity contribution in [2.24, 2.45) is 0 Å². The van der Waals surface area contributed by atoms with Crippen molar-refractivity contribution in [1.29, 1.82) is 0 Å². The number of hydrogen-bond acceptors (Lipinski definition) is 5. The highest BCUT2D eigenvalue weighted by molar-refractivity contribution is 7.99. The van der Waals surface area contributed by atoms with E-state index in [0.717, 1.165) is 11.1 Å². The van der Waals surface area contributed by atoms with Gasteiger partial charge >= 0.3 is 0 Å². The zero-order valence-corrected chi connectivity index (χ0v) is 22.0. The topological polar surface area (TPSA) is 92.6 Å². The van der Waals surface area contributed by atoms with Gasteiger partial charge in [0.1, 0.15) is 6.04 Å². The standard InChI is InChI=1S/C24H29Cl2N3O4S/c1-5-21(23(31)27-24(2,3)4)28(13-17-8-11-19(25)20(26)12-17)22(30)15-34-14-16-6-9-18(10-7-16)29(32)33/h6-12,21H,5,13-15H2,1-4H3,(H,27,31)/t21-/m0/s1. The van der Waals surface area contributed by atoms with Gasteiger partial charge in [-0.15, -0.1) is 11.8 Å². The summed E-state index contributed by atoms with van der Waals surface area (Å²) in [5.41, 5.74) is 1.23. The minimum Gasteiger partial charge on any atom is -0.350 e. The lowest BCUT2D eigenvalue weighted by atomic mass is 10.1. The van der Waals surface area contributed by atoms with Gasteiger partial charge in [-0.05, 0) is 50.5 Å². The second-order valence-electron chi connectivity index (χ2n) is 8.85. The van der Waals surface area contributed by atoms with Crippen LogP contribution in [0.1, 0.15) is 45.2 Å². The van der Waals surface area contributed by atoms with Crippen molar-refractivity contribution >= 4 is 52.5 Å². The van der Waals surface area contributed by atoms with Crippen LogP contribution in [0, 0.1) is 10.1 Å². The molecule has 0 aliphatic carbocycles. The Labute approximate surface area is 214 Å². The summed E-state index contributed by atoms with van der Waals surface area (Å²) in [6, 6.07) is 10.7. The number of benzene rings is 2. The van der Waals surface area contributed by atoms with E-state index in [1.807, 2.05) is 27.7 Å². The van der Waals surface area contributed by atoms with E-state index in [2.05, 4.69) is 5.32 Å². The van der Waals surface area contributed by atoms with Crippen LogP contribution in [0.3, 0.4) is 0 Å². The largest absolute Gasteiger partial charge is 0.350 e. The number of hydrogen-bond donors (Lipinski definition) is 1. The van der Waals surface area contributed by atoms with Crippen molar-refractivity contribution in [3.63, 3.8) is 0 Å². The van der Waals surface area contributed by atoms with Crippen LogP contribution in [0.15, 0.2) is 42.5 Å². The number of nitro groups is 1. The molecule has 0 radical (unpaired) electrons. The van der Waals surface area contributed by atoms with Crippen molar-refractivity contribution in [3.05, 3.63) is 73.8 Å². The molecule has 0 aliphatic heterocycles. The summed E-state index contributed by atoms with van der Waals surface area (Å²) in [4.78, 5) is 38.2. The molecule has 2 aromatic rings. The number of amides is 2. The van der Waals surface area contributed by atoms with Gasteiger partial charge in [0, 0.05) is 30.0 Å². The van der Waals surface area contributed by atoms with Gasteiger partial charge in [-0.25, -0.2) is 0 Å². The minimum atomic E-state index is -0.652. The number of carbonyl (C=O) groups is 2. The molecule has 2 amide bonds. The third-order valence-electron chi connectivity index (χ3n) is 4.86. The molecule has 0 unspecified atom stereocenters. The minimum absolute atomic E-state index is 0.0216. The number of halogens is 2. The normalized spacial score (nSPS) is 12.2. The van der Waals surface area contributed by atoms with E-state index in [4.69, 9.17) is 23.2 Å². The van der Waals surface area contributed by atoms with Crippen LogP contribution in [-0.4, -0.2) is 39.0 Å². The Morgan fingerprint density at radius 2 is 1.71 bits per heavy atom. The molecule has 7 nitrogen and oxygen atoms in total. The SMILES string of the molecule is CC[C@@H](C(=O)NC(C)(C)C)N(Cc1ccc(Cl)c(Cl)c1)C(=O)CSCc1ccc([N+](=O)[O-])cc1. The number of nitrogens with zero attached hydrogens (tertiary/aromatic N) is 2. The zero-order valence-electron chi connectivity index (χ0n) is 19.6. The summed E-state index contributed by atoms with van der Waals surface area (Å²) in [7, 11) is 0. The van der Waals surface area contributed by atoms with Crippen molar-refractivity contribution < 1.29 is 14.5 Å². The Bertz CT molecular complexity index is 1030. The number of thioether (sulfide) groups is 1. The number of nitro benzene ring substituents is 1. The summed E-state index contributed by atoms with van der Waals surface area (Å²) in [6.45, 7) is 7.75. The van der Waals surface area contributed by atoms with Gasteiger partial charge in [-0.3, -0.25) is 19.7 Å². The monoisotopic (exact) mass is 525 g/mol. The molecular formula is C24H29Cl2N3O4S. The second-order valence-corrected chi connectivity index (χ2v) is 10.6. The highest BCUT2D eigenvalue weighted by Crippen LogP contribution is 2.25. The van der Waals surface area contributed by atoms with E-state index >= 15 is 0 Å². The maximum Gasteiger partial charge on any atom is 0.269 e. The van der Waals surface area contributed by atoms with Crippen LogP contribution < -0.4 is 5.32 Å². The number of rotatable bonds is 10. The van der Waals surface area contributed by atoms with Crippen LogP contribution in [0.25, 0.3) is 0 Å². The van der Waals surface area contributed by atoms with E-state index in [1.165, 1.54) is 23.9 Å². The van der Waals surface area contributed by atoms with Gasteiger partial charge in [0.2, 0.25) is 11.8 Å². The van der Waals surface area contributed by atoms with E-state index in [-0.39, 0.29) is 29.8 Å². The van der Waals surface area contributed by atoms with Gasteiger partial charge in [-0.1, -0.05) is 48.3 Å². The Morgan fingerprint density at radius 3 is 2.24 bits per heavy atom. The number of carbonyl (C=O) groups excluding carboxylic acids is 2. The lowest BCUT2D eigenvalue weighted by Gasteiger charge is -2.33. The van der Waals surface area contributed by atoms with Crippen LogP contribution in [-0.2, 0) is 21.9 Å². The van der Waals surface area contributed by atoms with Gasteiger partial charge < -0.3 is 10.2 Å². The molecule has 0 spiro atoms. The quantitative estimate of drug-likeness (QED) is 0.309. The molecule has 0 aromatic heterocycles. The molecule has 184 valence electrons. The summed E-state index contributed by atoms with van der Waals surface area (Å²) < 4.78 is 0. The molecule has 1 N–H and O–H groups in total. The summed E-state index contributed by atoms with van der Waals surface area (Å²) >= 11 is 13.6. The maximum atomic E-state index is 13.3. The smallest absolute Gasteiger partial charge is 0.269 e. The lowest BCUT2D eigenvalue weighted by Crippen LogP contribution is -2.53. The van der Waals surface area contributed by atoms with E-state index in [0.29, 0.717) is 22.2 Å². The Kier molecular flexibility index (Phi) is 10.2. The summed E-state index contributed by atoms with van der Waals surface area (Å²) in [6.07, 6.45) is 0.446. The summed E-state index contributed by atoms with van der Waals surface area (Å²) in [5, 5.41) is 14.6. The second kappa shape index (κ2) is 12.4. The predicted octanol–water partition coefficient (Wildman–Crippen LogP) is 5.86. The van der Waals surface area contributed by atoms with Gasteiger partial charge in [-0.2, -0.15) is 0 Å². The fourth-order valence-electron chi connectivity index (χ4n) is 3.26. The van der Waals surface area contributed by atoms with Crippen molar-refractivity contribution in [1.82, 2.24) is 10.2 Å². The van der Waals surface area contributed by atoms with E-state index in [1.54, 1.807) is 35.2 Å². The average molecular weight is 526 g/mol. The zero-order chi connectivity index (χ0) is 25.5. The molecular weight excluding hydrogens is 497 g/mol. The molecule has 10 heteroatoms. The van der Waals surface area contributed by atoms with Crippen LogP contribution in [0.5, 0.6) is 0 Å². The molecule has 0 heterocycles. The predicted molar refractivity (Wildman–Crippen MR) is 138 cm³/mol. The highest BCUT2D eigenvalue weighted by atomic mass is 35.5. The average Bonchev–Trinajstić information content (AvgIpc) is 2.75. The molecule has 2 rings (SSSR count). The third kappa shape index (κ3) is 8.49. The molecule has 34 heavy (non-hydrogen) atoms. The molecule has 0 saturated heterocycles. The van der Waals surface area contributed by atoms with Crippen LogP contribution in [0.2, 0.25) is 10.0 Å². The molecule has 0 fully saturated rings. The first-order valence-corrected chi connectivity index (χ1v) is 12.7. The lowest BCUT2D eigenvalue weighted by molar-refractivity contribution is -0.384. The van der Waals surface area contributed by atoms with Crippen LogP contribution in [0.4, 0.5) is 5.69 Å². The Hall–Kier alpha value is -2.29. The molecule has 0 saturated carbocycles. The maximum absolute atomic E-state index is 13.3. The van der Waals surface area contributed by atoms with E-state index in [9.17, 15) is 19.7 Å². The van der Waals surface area contributed by atoms with Crippen molar-refractivity contribution in [2.75, 3.05) is 5.75 Å². The van der Waals surface area contributed by atoms with Crippen LogP contribution >= 0.6 is 35.0 Å². The fraction of sp³-hybridized carbons (Fsp3) is 0.417. The summed E-state index contributed by atoms with van der Waals surface area (Å²) in [5.74, 6) is 0.255. The fourth-order valence-corrected chi connectivity index (χ4v) is 4.45. The number of nitrogens with one attached hydrogen (secondary N) is 1. The Morgan fingerprint density at radius 1 is 1.09 bits per heavy atom. The van der Waals surface area contributed by atoms with Gasteiger partial charge in [0.25, 0.3) is 5.69 Å². The highest BCUT2D eigenvalue weighted by Gasteiger charge is 2.30. The third-order valence-corrected chi connectivity index (χ3v) is 6.59. The number of non-ortho nitro benzene ring substituents is 1. The first-order valence-electron chi connectivity index (χ1n) is 10.8. The van der Waals surface area contributed by atoms with E-state index < -0.39 is 16.5 Å². The first-order chi connectivity index (χ1) is 15.9. The van der Waals surface area contributed by atoms with Gasteiger partial charge in [0.05, 0.1) is 20.7 Å². The first kappa shape index (κ1) is 28.0. The molecule has 2 aromatic carbocycles. The molecule has 1 atom stereocenters. The molecule has 0 aliphatic rings. The Balaban J connectivity index is 2.17. The molecule has 0 bridgehead atoms.